The molecule has 2 rings (SSSR count). The van der Waals surface area contributed by atoms with Crippen molar-refractivity contribution in [1.82, 2.24) is 4.98 Å². The molecule has 0 saturated carbocycles. The van der Waals surface area contributed by atoms with E-state index < -0.39 is 0 Å². The van der Waals surface area contributed by atoms with E-state index in [0.717, 1.165) is 0 Å². The maximum Gasteiger partial charge on any atom is 3.00 e. The molecule has 0 saturated heterocycles. The fraction of sp³-hybridized carbons (Fsp3) is 0.111. The first-order valence-electron chi connectivity index (χ1n) is 3.33. The van der Waals surface area contributed by atoms with Crippen LogP contribution < -0.4 is 24.8 Å². The molecule has 67 valence electrons. The Morgan fingerprint density at radius 1 is 1.15 bits per heavy atom. The molecule has 1 heterocycles. The summed E-state index contributed by atoms with van der Waals surface area (Å²) in [6, 6.07) is 8.21. The quantitative estimate of drug-likeness (QED) is 0.365. The van der Waals surface area contributed by atoms with Crippen molar-refractivity contribution in [3.63, 3.8) is 0 Å². The molecule has 4 heteroatoms. The molecule has 1 aromatic carbocycles. The third-order valence-electron chi connectivity index (χ3n) is 1.72. The van der Waals surface area contributed by atoms with Gasteiger partial charge in [-0.05, 0) is 0 Å². The van der Waals surface area contributed by atoms with E-state index in [0.29, 0.717) is 0 Å². The predicted octanol–water partition coefficient (Wildman–Crippen LogP) is -3.72. The van der Waals surface area contributed by atoms with Gasteiger partial charge in [0.25, 0.3) is 0 Å². The van der Waals surface area contributed by atoms with E-state index >= 15 is 0 Å². The minimum atomic E-state index is 0. The van der Waals surface area contributed by atoms with Crippen molar-refractivity contribution in [3.8, 4) is 0 Å². The summed E-state index contributed by atoms with van der Waals surface area (Å²) in [7, 11) is 0. The summed E-state index contributed by atoms with van der Waals surface area (Å²) >= 11 is 0. The SMILES string of the molecule is Cc1[c-][nH]c2ccccc12.[Cl-].[Cl-].[Ti+3]. The van der Waals surface area contributed by atoms with Crippen LogP contribution in [0.3, 0.4) is 0 Å². The largest absolute Gasteiger partial charge is 3.00 e. The van der Waals surface area contributed by atoms with Crippen molar-refractivity contribution in [2.75, 3.05) is 0 Å². The number of nitrogens with one attached hydrogen (secondary N) is 1. The number of aromatic amines is 1. The summed E-state index contributed by atoms with van der Waals surface area (Å²) in [6.45, 7) is 2.05. The standard InChI is InChI=1S/C9H8N.2ClH.Ti/c1-7-6-10-9-5-3-2-4-8(7)9;;;/h2-5,10H,1H3;2*1H;/q-1;;;+3/p-2. The van der Waals surface area contributed by atoms with Crippen molar-refractivity contribution >= 4 is 10.9 Å². The number of H-pyrrole nitrogens is 1. The molecule has 0 amide bonds. The van der Waals surface area contributed by atoms with Crippen molar-refractivity contribution in [1.29, 1.82) is 0 Å². The second kappa shape index (κ2) is 6.50. The van der Waals surface area contributed by atoms with Crippen molar-refractivity contribution < 1.29 is 46.5 Å². The number of aromatic nitrogens is 1. The smallest absolute Gasteiger partial charge is 1.00 e. The van der Waals surface area contributed by atoms with Gasteiger partial charge in [-0.25, -0.2) is 0 Å². The summed E-state index contributed by atoms with van der Waals surface area (Å²) < 4.78 is 0. The van der Waals surface area contributed by atoms with Crippen LogP contribution in [-0.2, 0) is 21.7 Å². The van der Waals surface area contributed by atoms with Crippen LogP contribution in [0.2, 0.25) is 0 Å². The normalized spacial score (nSPS) is 8.08. The van der Waals surface area contributed by atoms with E-state index in [9.17, 15) is 0 Å². The Bertz CT molecular complexity index is 359. The fourth-order valence-corrected chi connectivity index (χ4v) is 1.15. The molecule has 1 aromatic heterocycles. The van der Waals surface area contributed by atoms with Gasteiger partial charge >= 0.3 is 21.7 Å². The number of rotatable bonds is 0. The molecule has 0 aliphatic heterocycles. The van der Waals surface area contributed by atoms with Crippen LogP contribution in [0.25, 0.3) is 10.9 Å². The van der Waals surface area contributed by atoms with Gasteiger partial charge in [-0.15, -0.1) is 23.8 Å². The maximum absolute atomic E-state index is 3.06. The number of hydrogen-bond donors (Lipinski definition) is 1. The maximum atomic E-state index is 3.06. The predicted molar refractivity (Wildman–Crippen MR) is 41.9 cm³/mol. The Morgan fingerprint density at radius 2 is 1.77 bits per heavy atom. The van der Waals surface area contributed by atoms with E-state index in [-0.39, 0.29) is 46.5 Å². The second-order valence-electron chi connectivity index (χ2n) is 2.42. The van der Waals surface area contributed by atoms with E-state index in [1.165, 1.54) is 16.5 Å². The fourth-order valence-electron chi connectivity index (χ4n) is 1.15. The molecule has 2 aromatic rings. The van der Waals surface area contributed by atoms with Gasteiger partial charge in [-0.2, -0.15) is 10.9 Å². The molecule has 1 radical (unpaired) electrons. The Kier molecular flexibility index (Phi) is 7.76. The van der Waals surface area contributed by atoms with Crippen molar-refractivity contribution in [2.24, 2.45) is 0 Å². The monoisotopic (exact) mass is 248 g/mol. The van der Waals surface area contributed by atoms with E-state index in [1.54, 1.807) is 0 Å². The van der Waals surface area contributed by atoms with Gasteiger partial charge in [-0.3, -0.25) is 0 Å². The molecular weight excluding hydrogens is 241 g/mol. The topological polar surface area (TPSA) is 15.8 Å². The number of para-hydroxylation sites is 1. The molecule has 1 N–H and O–H groups in total. The number of halogens is 2. The van der Waals surface area contributed by atoms with E-state index in [1.807, 2.05) is 12.1 Å². The average molecular weight is 249 g/mol. The number of aryl methyl sites for hydroxylation is 1. The van der Waals surface area contributed by atoms with Crippen molar-refractivity contribution in [2.45, 2.75) is 6.92 Å². The van der Waals surface area contributed by atoms with Crippen LogP contribution in [0.4, 0.5) is 0 Å². The van der Waals surface area contributed by atoms with E-state index in [2.05, 4.69) is 30.2 Å². The minimum absolute atomic E-state index is 0. The van der Waals surface area contributed by atoms with Gasteiger partial charge < -0.3 is 29.8 Å². The number of hydrogen-bond acceptors (Lipinski definition) is 0. The van der Waals surface area contributed by atoms with Crippen LogP contribution in [0.15, 0.2) is 24.3 Å². The van der Waals surface area contributed by atoms with Crippen LogP contribution >= 0.6 is 0 Å². The van der Waals surface area contributed by atoms with Crippen LogP contribution in [0, 0.1) is 13.1 Å². The zero-order valence-electron chi connectivity index (χ0n) is 7.07. The Morgan fingerprint density at radius 3 is 2.38 bits per heavy atom. The molecule has 0 spiro atoms. The molecule has 0 bridgehead atoms. The van der Waals surface area contributed by atoms with Gasteiger partial charge in [0, 0.05) is 0 Å². The average Bonchev–Trinajstić information content (AvgIpc) is 2.34. The summed E-state index contributed by atoms with van der Waals surface area (Å²) in [4.78, 5) is 3.06. The first-order chi connectivity index (χ1) is 4.88. The zero-order chi connectivity index (χ0) is 6.97. The first-order valence-corrected chi connectivity index (χ1v) is 3.33. The molecule has 13 heavy (non-hydrogen) atoms. The van der Waals surface area contributed by atoms with Gasteiger partial charge in [0.2, 0.25) is 0 Å². The third kappa shape index (κ3) is 3.03. The second-order valence-corrected chi connectivity index (χ2v) is 2.42. The summed E-state index contributed by atoms with van der Waals surface area (Å²) in [6.07, 6.45) is 3.05. The minimum Gasteiger partial charge on any atom is -1.00 e. The van der Waals surface area contributed by atoms with Gasteiger partial charge in [0.05, 0.1) is 0 Å². The Hall–Kier alpha value is 0.0543. The molecule has 0 unspecified atom stereocenters. The van der Waals surface area contributed by atoms with Crippen molar-refractivity contribution in [3.05, 3.63) is 36.0 Å². The van der Waals surface area contributed by atoms with Gasteiger partial charge in [-0.1, -0.05) is 19.1 Å². The zero-order valence-corrected chi connectivity index (χ0v) is 10.1. The van der Waals surface area contributed by atoms with Gasteiger partial charge in [0.15, 0.2) is 0 Å². The molecular formula is C9H8Cl2NTi. The number of benzene rings is 1. The summed E-state index contributed by atoms with van der Waals surface area (Å²) in [5, 5.41) is 1.27. The van der Waals surface area contributed by atoms with Crippen LogP contribution in [-0.4, -0.2) is 4.98 Å². The Labute approximate surface area is 105 Å². The molecule has 0 aliphatic carbocycles. The molecule has 0 fully saturated rings. The van der Waals surface area contributed by atoms with Gasteiger partial charge in [0.1, 0.15) is 0 Å². The van der Waals surface area contributed by atoms with Crippen LogP contribution in [0.5, 0.6) is 0 Å². The Balaban J connectivity index is 0. The molecule has 0 aliphatic rings. The summed E-state index contributed by atoms with van der Waals surface area (Å²) in [5.41, 5.74) is 2.36. The molecule has 0 atom stereocenters. The third-order valence-corrected chi connectivity index (χ3v) is 1.72. The number of fused-ring (bicyclic) bond motifs is 1. The van der Waals surface area contributed by atoms with E-state index in [4.69, 9.17) is 0 Å². The molecule has 1 nitrogen and oxygen atoms in total. The first kappa shape index (κ1) is 15.5. The van der Waals surface area contributed by atoms with Crippen LogP contribution in [0.1, 0.15) is 5.56 Å². The summed E-state index contributed by atoms with van der Waals surface area (Å²) in [5.74, 6) is 0.